The lowest BCUT2D eigenvalue weighted by atomic mass is 9.73. The van der Waals surface area contributed by atoms with Crippen LogP contribution in [0, 0.1) is 11.8 Å². The van der Waals surface area contributed by atoms with E-state index < -0.39 is 12.1 Å². The Labute approximate surface area is 193 Å². The number of carboxylic acid groups (broad SMARTS) is 1. The molecular formula is C26H29N3O4. The number of carbonyl (C=O) groups is 1. The standard InChI is InChI=1S/C20H24N2O2.C6H5NO2/c1-3-13-12-22-9-7-14(13)10-19(22)20(23)16-6-8-21-18-5-4-15(24-2)11-17(16)18;8-6(9)5-2-1-3-7-4-5/h3-6,8,11,13-14,19-20,23H,1,7,9-10,12H2,2H3;1-4H,(H,8,9)/t13-,14-,19-,20+;/m0./s1. The van der Waals surface area contributed by atoms with Gasteiger partial charge in [-0.25, -0.2) is 4.79 Å². The van der Waals surface area contributed by atoms with E-state index in [2.05, 4.69) is 27.5 Å². The molecule has 0 spiro atoms. The maximum Gasteiger partial charge on any atom is 0.337 e. The van der Waals surface area contributed by atoms with E-state index >= 15 is 0 Å². The van der Waals surface area contributed by atoms with Gasteiger partial charge in [0.25, 0.3) is 0 Å². The molecule has 3 fully saturated rings. The number of ether oxygens (including phenoxy) is 1. The topological polar surface area (TPSA) is 95.8 Å². The van der Waals surface area contributed by atoms with Gasteiger partial charge < -0.3 is 14.9 Å². The molecule has 2 aromatic heterocycles. The lowest BCUT2D eigenvalue weighted by Gasteiger charge is -2.50. The number of hydrogen-bond acceptors (Lipinski definition) is 6. The molecule has 5 heterocycles. The summed E-state index contributed by atoms with van der Waals surface area (Å²) >= 11 is 0. The van der Waals surface area contributed by atoms with Crippen molar-refractivity contribution in [2.24, 2.45) is 11.8 Å². The summed E-state index contributed by atoms with van der Waals surface area (Å²) < 4.78 is 5.35. The molecule has 2 N–H and O–H groups in total. The number of carboxylic acids is 1. The first kappa shape index (κ1) is 22.9. The Morgan fingerprint density at radius 2 is 2.15 bits per heavy atom. The summed E-state index contributed by atoms with van der Waals surface area (Å²) in [5.74, 6) is 1.07. The van der Waals surface area contributed by atoms with Crippen molar-refractivity contribution < 1.29 is 19.7 Å². The van der Waals surface area contributed by atoms with Gasteiger partial charge in [-0.3, -0.25) is 14.9 Å². The number of aromatic carboxylic acids is 1. The van der Waals surface area contributed by atoms with Gasteiger partial charge >= 0.3 is 5.97 Å². The highest BCUT2D eigenvalue weighted by atomic mass is 16.5. The number of rotatable bonds is 5. The van der Waals surface area contributed by atoms with Crippen LogP contribution in [0.2, 0.25) is 0 Å². The van der Waals surface area contributed by atoms with Gasteiger partial charge in [-0.15, -0.1) is 6.58 Å². The van der Waals surface area contributed by atoms with Crippen molar-refractivity contribution in [2.75, 3.05) is 20.2 Å². The molecule has 7 heteroatoms. The molecule has 3 aromatic rings. The van der Waals surface area contributed by atoms with Crippen molar-refractivity contribution in [2.45, 2.75) is 25.0 Å². The normalized spacial score (nSPS) is 24.4. The Bertz CT molecular complexity index is 1120. The predicted octanol–water partition coefficient (Wildman–Crippen LogP) is 3.95. The third-order valence-electron chi connectivity index (χ3n) is 6.73. The van der Waals surface area contributed by atoms with Crippen molar-refractivity contribution in [3.8, 4) is 5.75 Å². The van der Waals surface area contributed by atoms with Crippen molar-refractivity contribution >= 4 is 16.9 Å². The Kier molecular flexibility index (Phi) is 7.01. The molecule has 0 saturated carbocycles. The van der Waals surface area contributed by atoms with E-state index in [1.165, 1.54) is 24.9 Å². The maximum atomic E-state index is 11.2. The zero-order valence-electron chi connectivity index (χ0n) is 18.7. The summed E-state index contributed by atoms with van der Waals surface area (Å²) in [5, 5.41) is 20.5. The smallest absolute Gasteiger partial charge is 0.337 e. The molecule has 1 aromatic carbocycles. The second-order valence-electron chi connectivity index (χ2n) is 8.52. The summed E-state index contributed by atoms with van der Waals surface area (Å²) in [6.07, 6.45) is 8.46. The minimum atomic E-state index is -0.942. The minimum Gasteiger partial charge on any atom is -0.497 e. The molecule has 6 rings (SSSR count). The number of benzene rings is 1. The molecule has 3 aliphatic heterocycles. The fraction of sp³-hybridized carbons (Fsp3) is 0.346. The van der Waals surface area contributed by atoms with Crippen LogP contribution < -0.4 is 4.74 Å². The van der Waals surface area contributed by atoms with Gasteiger partial charge in [0, 0.05) is 36.6 Å². The molecule has 3 aliphatic rings. The number of aromatic nitrogens is 2. The van der Waals surface area contributed by atoms with Gasteiger partial charge in [0.15, 0.2) is 0 Å². The van der Waals surface area contributed by atoms with Gasteiger partial charge in [0.2, 0.25) is 0 Å². The van der Waals surface area contributed by atoms with Crippen LogP contribution >= 0.6 is 0 Å². The first-order chi connectivity index (χ1) is 16.0. The van der Waals surface area contributed by atoms with Crippen LogP contribution in [0.25, 0.3) is 10.9 Å². The lowest BCUT2D eigenvalue weighted by Crippen LogP contribution is -2.54. The van der Waals surface area contributed by atoms with E-state index in [4.69, 9.17) is 9.84 Å². The van der Waals surface area contributed by atoms with Crippen molar-refractivity contribution in [3.63, 3.8) is 0 Å². The number of nitrogens with zero attached hydrogens (tertiary/aromatic N) is 3. The average Bonchev–Trinajstić information content (AvgIpc) is 2.88. The number of piperidine rings is 3. The van der Waals surface area contributed by atoms with E-state index in [1.807, 2.05) is 24.3 Å². The van der Waals surface area contributed by atoms with Crippen LogP contribution in [0.5, 0.6) is 5.75 Å². The highest BCUT2D eigenvalue weighted by Gasteiger charge is 2.42. The summed E-state index contributed by atoms with van der Waals surface area (Å²) in [6, 6.07) is 11.0. The van der Waals surface area contributed by atoms with Crippen LogP contribution in [0.15, 0.2) is 67.6 Å². The molecule has 5 atom stereocenters. The Morgan fingerprint density at radius 3 is 2.76 bits per heavy atom. The van der Waals surface area contributed by atoms with E-state index in [1.54, 1.807) is 19.4 Å². The second-order valence-corrected chi connectivity index (χ2v) is 8.52. The van der Waals surface area contributed by atoms with Gasteiger partial charge in [-0.2, -0.15) is 0 Å². The largest absolute Gasteiger partial charge is 0.497 e. The van der Waals surface area contributed by atoms with Gasteiger partial charge in [0.05, 0.1) is 24.3 Å². The van der Waals surface area contributed by atoms with Crippen LogP contribution in [0.1, 0.15) is 34.9 Å². The third kappa shape index (κ3) is 4.89. The summed E-state index contributed by atoms with van der Waals surface area (Å²) in [4.78, 5) is 20.6. The number of aliphatic hydroxyl groups is 1. The quantitative estimate of drug-likeness (QED) is 0.572. The van der Waals surface area contributed by atoms with Crippen molar-refractivity contribution in [1.82, 2.24) is 14.9 Å². The lowest BCUT2D eigenvalue weighted by molar-refractivity contribution is -0.0444. The summed E-state index contributed by atoms with van der Waals surface area (Å²) in [6.45, 7) is 6.07. The molecule has 0 radical (unpaired) electrons. The molecular weight excluding hydrogens is 418 g/mol. The van der Waals surface area contributed by atoms with Crippen LogP contribution in [-0.4, -0.2) is 57.3 Å². The number of hydrogen-bond donors (Lipinski definition) is 2. The van der Waals surface area contributed by atoms with Gasteiger partial charge in [-0.1, -0.05) is 6.08 Å². The molecule has 0 amide bonds. The van der Waals surface area contributed by atoms with Crippen LogP contribution in [-0.2, 0) is 0 Å². The zero-order chi connectivity index (χ0) is 23.4. The SMILES string of the molecule is C=C[C@H]1CN2CC[C@H]1C[C@H]2[C@H](O)c1ccnc2ccc(OC)cc12.O=C(O)c1cccnc1. The fourth-order valence-electron chi connectivity index (χ4n) is 4.93. The molecule has 2 bridgehead atoms. The zero-order valence-corrected chi connectivity index (χ0v) is 18.7. The van der Waals surface area contributed by atoms with E-state index in [9.17, 15) is 9.90 Å². The molecule has 33 heavy (non-hydrogen) atoms. The van der Waals surface area contributed by atoms with Crippen molar-refractivity contribution in [1.29, 1.82) is 0 Å². The predicted molar refractivity (Wildman–Crippen MR) is 126 cm³/mol. The van der Waals surface area contributed by atoms with Crippen LogP contribution in [0.4, 0.5) is 0 Å². The van der Waals surface area contributed by atoms with Crippen molar-refractivity contribution in [3.05, 3.63) is 78.8 Å². The highest BCUT2D eigenvalue weighted by Crippen LogP contribution is 2.42. The molecule has 1 unspecified atom stereocenters. The monoisotopic (exact) mass is 447 g/mol. The van der Waals surface area contributed by atoms with E-state index in [0.717, 1.165) is 41.7 Å². The fourth-order valence-corrected chi connectivity index (χ4v) is 4.93. The Balaban J connectivity index is 0.000000243. The van der Waals surface area contributed by atoms with E-state index in [0.29, 0.717) is 11.8 Å². The number of fused-ring (bicyclic) bond motifs is 4. The summed E-state index contributed by atoms with van der Waals surface area (Å²) in [5.41, 5.74) is 2.07. The Morgan fingerprint density at radius 1 is 1.30 bits per heavy atom. The number of aliphatic hydroxyl groups excluding tert-OH is 1. The Hall–Kier alpha value is -3.29. The second kappa shape index (κ2) is 10.1. The third-order valence-corrected chi connectivity index (χ3v) is 6.73. The summed E-state index contributed by atoms with van der Waals surface area (Å²) in [7, 11) is 1.66. The first-order valence-electron chi connectivity index (χ1n) is 11.1. The van der Waals surface area contributed by atoms with E-state index in [-0.39, 0.29) is 11.6 Å². The molecule has 0 aliphatic carbocycles. The first-order valence-corrected chi connectivity index (χ1v) is 11.1. The van der Waals surface area contributed by atoms with Crippen LogP contribution in [0.3, 0.4) is 0 Å². The highest BCUT2D eigenvalue weighted by molar-refractivity contribution is 5.87. The van der Waals surface area contributed by atoms with Gasteiger partial charge in [-0.05, 0) is 73.2 Å². The number of methoxy groups -OCH3 is 1. The maximum absolute atomic E-state index is 11.2. The molecule has 3 saturated heterocycles. The molecule has 172 valence electrons. The minimum absolute atomic E-state index is 0.178. The number of pyridine rings is 2. The average molecular weight is 448 g/mol. The molecule has 7 nitrogen and oxygen atoms in total. The van der Waals surface area contributed by atoms with Gasteiger partial charge in [0.1, 0.15) is 5.75 Å².